The van der Waals surface area contributed by atoms with Crippen LogP contribution in [0, 0.1) is 0 Å². The van der Waals surface area contributed by atoms with Gasteiger partial charge in [0, 0.05) is 0 Å². The van der Waals surface area contributed by atoms with Gasteiger partial charge in [-0.2, -0.15) is 0 Å². The molecule has 1 fully saturated rings. The van der Waals surface area contributed by atoms with Gasteiger partial charge in [-0.05, 0) is 13.8 Å². The Morgan fingerprint density at radius 2 is 1.44 bits per heavy atom. The van der Waals surface area contributed by atoms with Crippen LogP contribution in [0.3, 0.4) is 0 Å². The maximum atomic E-state index is 9.35. The van der Waals surface area contributed by atoms with Crippen LogP contribution in [0.25, 0.3) is 0 Å². The molecule has 0 spiro atoms. The van der Waals surface area contributed by atoms with Crippen molar-refractivity contribution in [3.05, 3.63) is 0 Å². The molecule has 0 radical (unpaired) electrons. The summed E-state index contributed by atoms with van der Waals surface area (Å²) < 4.78 is 4.88. The molecule has 54 valence electrons. The monoisotopic (exact) mass is 132 g/mol. The standard InChI is InChI=1S/C6H12O3/c1-5(7)3-9-4-6(5,2)8/h7-8H,3-4H2,1-2H3/t5-,6-/m1/s1. The van der Waals surface area contributed by atoms with Crippen LogP contribution < -0.4 is 0 Å². The molecule has 2 atom stereocenters. The third-order valence-corrected chi connectivity index (χ3v) is 1.93. The summed E-state index contributed by atoms with van der Waals surface area (Å²) in [5, 5.41) is 18.7. The van der Waals surface area contributed by atoms with Gasteiger partial charge in [0.05, 0.1) is 13.2 Å². The van der Waals surface area contributed by atoms with Crippen molar-refractivity contribution >= 4 is 0 Å². The van der Waals surface area contributed by atoms with E-state index in [-0.39, 0.29) is 13.2 Å². The predicted molar refractivity (Wildman–Crippen MR) is 32.1 cm³/mol. The summed E-state index contributed by atoms with van der Waals surface area (Å²) >= 11 is 0. The van der Waals surface area contributed by atoms with Crippen LogP contribution in [0.4, 0.5) is 0 Å². The van der Waals surface area contributed by atoms with E-state index in [1.165, 1.54) is 0 Å². The van der Waals surface area contributed by atoms with E-state index in [1.54, 1.807) is 13.8 Å². The van der Waals surface area contributed by atoms with E-state index < -0.39 is 11.2 Å². The first-order chi connectivity index (χ1) is 3.96. The summed E-state index contributed by atoms with van der Waals surface area (Å²) in [6.07, 6.45) is 0. The lowest BCUT2D eigenvalue weighted by Gasteiger charge is -2.28. The molecule has 1 rings (SSSR count). The Morgan fingerprint density at radius 3 is 1.56 bits per heavy atom. The maximum Gasteiger partial charge on any atom is 0.116 e. The zero-order valence-electron chi connectivity index (χ0n) is 5.72. The minimum atomic E-state index is -1.08. The molecule has 0 bridgehead atoms. The first-order valence-corrected chi connectivity index (χ1v) is 2.98. The van der Waals surface area contributed by atoms with Crippen molar-refractivity contribution in [3.63, 3.8) is 0 Å². The maximum absolute atomic E-state index is 9.35. The third-order valence-electron chi connectivity index (χ3n) is 1.93. The molecule has 0 aromatic heterocycles. The van der Waals surface area contributed by atoms with E-state index in [2.05, 4.69) is 0 Å². The van der Waals surface area contributed by atoms with Crippen molar-refractivity contribution in [1.29, 1.82) is 0 Å². The summed E-state index contributed by atoms with van der Waals surface area (Å²) in [4.78, 5) is 0. The molecule has 3 heteroatoms. The second kappa shape index (κ2) is 1.68. The lowest BCUT2D eigenvalue weighted by Crippen LogP contribution is -2.48. The summed E-state index contributed by atoms with van der Waals surface area (Å²) in [6, 6.07) is 0. The van der Waals surface area contributed by atoms with Gasteiger partial charge in [-0.25, -0.2) is 0 Å². The molecule has 0 amide bonds. The van der Waals surface area contributed by atoms with E-state index in [9.17, 15) is 10.2 Å². The highest BCUT2D eigenvalue weighted by molar-refractivity contribution is 4.97. The largest absolute Gasteiger partial charge is 0.385 e. The summed E-state index contributed by atoms with van der Waals surface area (Å²) in [6.45, 7) is 3.58. The minimum Gasteiger partial charge on any atom is -0.385 e. The molecule has 0 unspecified atom stereocenters. The molecule has 0 saturated carbocycles. The molecule has 0 aromatic rings. The fourth-order valence-corrected chi connectivity index (χ4v) is 0.759. The van der Waals surface area contributed by atoms with Gasteiger partial charge < -0.3 is 14.9 Å². The van der Waals surface area contributed by atoms with Crippen LogP contribution in [0.2, 0.25) is 0 Å². The summed E-state index contributed by atoms with van der Waals surface area (Å²) in [5.74, 6) is 0. The van der Waals surface area contributed by atoms with Gasteiger partial charge in [0.1, 0.15) is 11.2 Å². The second-order valence-electron chi connectivity index (χ2n) is 3.04. The topological polar surface area (TPSA) is 49.7 Å². The smallest absolute Gasteiger partial charge is 0.116 e. The van der Waals surface area contributed by atoms with Crippen molar-refractivity contribution in [3.8, 4) is 0 Å². The molecule has 0 aliphatic carbocycles. The van der Waals surface area contributed by atoms with Crippen molar-refractivity contribution in [1.82, 2.24) is 0 Å². The van der Waals surface area contributed by atoms with E-state index in [4.69, 9.17) is 4.74 Å². The Balaban J connectivity index is 2.75. The normalized spacial score (nSPS) is 52.0. The Kier molecular flexibility index (Phi) is 1.31. The molecule has 1 heterocycles. The highest BCUT2D eigenvalue weighted by Gasteiger charge is 2.47. The first-order valence-electron chi connectivity index (χ1n) is 2.98. The van der Waals surface area contributed by atoms with Crippen LogP contribution in [0.1, 0.15) is 13.8 Å². The molecule has 3 nitrogen and oxygen atoms in total. The molecular weight excluding hydrogens is 120 g/mol. The van der Waals surface area contributed by atoms with Gasteiger partial charge in [-0.1, -0.05) is 0 Å². The molecular formula is C6H12O3. The van der Waals surface area contributed by atoms with Crippen molar-refractivity contribution in [2.24, 2.45) is 0 Å². The Bertz CT molecular complexity index is 103. The molecule has 2 N–H and O–H groups in total. The van der Waals surface area contributed by atoms with Crippen LogP contribution in [-0.4, -0.2) is 34.6 Å². The number of hydrogen-bond acceptors (Lipinski definition) is 3. The number of aliphatic hydroxyl groups is 2. The quantitative estimate of drug-likeness (QED) is 0.468. The fourth-order valence-electron chi connectivity index (χ4n) is 0.759. The highest BCUT2D eigenvalue weighted by atomic mass is 16.5. The third kappa shape index (κ3) is 0.956. The molecule has 1 saturated heterocycles. The van der Waals surface area contributed by atoms with E-state index in [0.29, 0.717) is 0 Å². The second-order valence-corrected chi connectivity index (χ2v) is 3.04. The molecule has 1 aliphatic rings. The molecule has 1 aliphatic heterocycles. The lowest BCUT2D eigenvalue weighted by molar-refractivity contribution is -0.0935. The summed E-state index contributed by atoms with van der Waals surface area (Å²) in [7, 11) is 0. The molecule has 0 aromatic carbocycles. The SMILES string of the molecule is C[C@@]1(O)COC[C@@]1(C)O. The summed E-state index contributed by atoms with van der Waals surface area (Å²) in [5.41, 5.74) is -2.15. The van der Waals surface area contributed by atoms with Crippen LogP contribution in [0.5, 0.6) is 0 Å². The van der Waals surface area contributed by atoms with Gasteiger partial charge in [0.15, 0.2) is 0 Å². The zero-order valence-corrected chi connectivity index (χ0v) is 5.72. The number of hydrogen-bond donors (Lipinski definition) is 2. The van der Waals surface area contributed by atoms with Gasteiger partial charge >= 0.3 is 0 Å². The predicted octanol–water partition coefficient (Wildman–Crippen LogP) is -0.481. The Morgan fingerprint density at radius 1 is 1.11 bits per heavy atom. The van der Waals surface area contributed by atoms with Crippen molar-refractivity contribution in [2.45, 2.75) is 25.0 Å². The minimum absolute atomic E-state index is 0.222. The van der Waals surface area contributed by atoms with Gasteiger partial charge in [-0.3, -0.25) is 0 Å². The number of rotatable bonds is 0. The van der Waals surface area contributed by atoms with E-state index in [1.807, 2.05) is 0 Å². The van der Waals surface area contributed by atoms with Gasteiger partial charge in [0.2, 0.25) is 0 Å². The zero-order chi connectivity index (χ0) is 7.12. The van der Waals surface area contributed by atoms with Crippen LogP contribution in [-0.2, 0) is 4.74 Å². The Labute approximate surface area is 54.3 Å². The average Bonchev–Trinajstić information content (AvgIpc) is 1.81. The lowest BCUT2D eigenvalue weighted by atomic mass is 9.90. The highest BCUT2D eigenvalue weighted by Crippen LogP contribution is 2.28. The fraction of sp³-hybridized carbons (Fsp3) is 1.00. The van der Waals surface area contributed by atoms with Gasteiger partial charge in [-0.15, -0.1) is 0 Å². The van der Waals surface area contributed by atoms with Crippen LogP contribution in [0.15, 0.2) is 0 Å². The first kappa shape index (κ1) is 6.99. The van der Waals surface area contributed by atoms with Crippen molar-refractivity contribution in [2.75, 3.05) is 13.2 Å². The van der Waals surface area contributed by atoms with Crippen molar-refractivity contribution < 1.29 is 14.9 Å². The Hall–Kier alpha value is -0.120. The van der Waals surface area contributed by atoms with E-state index >= 15 is 0 Å². The van der Waals surface area contributed by atoms with Crippen LogP contribution >= 0.6 is 0 Å². The number of ether oxygens (including phenoxy) is 1. The van der Waals surface area contributed by atoms with Gasteiger partial charge in [0.25, 0.3) is 0 Å². The molecule has 9 heavy (non-hydrogen) atoms. The average molecular weight is 132 g/mol. The van der Waals surface area contributed by atoms with E-state index in [0.717, 1.165) is 0 Å².